The van der Waals surface area contributed by atoms with E-state index in [2.05, 4.69) is 16.7 Å². The van der Waals surface area contributed by atoms with E-state index in [1.165, 1.54) is 0 Å². The van der Waals surface area contributed by atoms with Crippen molar-refractivity contribution in [3.05, 3.63) is 42.0 Å². The normalized spacial score (nSPS) is 19.5. The summed E-state index contributed by atoms with van der Waals surface area (Å²) < 4.78 is 5.65. The summed E-state index contributed by atoms with van der Waals surface area (Å²) in [6.07, 6.45) is 1.82. The number of benzene rings is 1. The molecule has 34 heavy (non-hydrogen) atoms. The molecule has 2 aliphatic rings. The number of rotatable bonds is 5. The molecule has 0 aliphatic carbocycles. The average molecular weight is 463 g/mol. The van der Waals surface area contributed by atoms with Crippen LogP contribution in [0.25, 0.3) is 22.3 Å². The fourth-order valence-electron chi connectivity index (χ4n) is 4.69. The number of carbonyl (C=O) groups excluding carboxylic acids is 1. The molecule has 0 bridgehead atoms. The van der Waals surface area contributed by atoms with Gasteiger partial charge in [-0.1, -0.05) is 12.1 Å². The number of nitrogens with zero attached hydrogens (tertiary/aromatic N) is 5. The maximum atomic E-state index is 11.7. The summed E-state index contributed by atoms with van der Waals surface area (Å²) in [6, 6.07) is 11.3. The van der Waals surface area contributed by atoms with Gasteiger partial charge in [0.2, 0.25) is 11.9 Å². The van der Waals surface area contributed by atoms with Gasteiger partial charge in [0.1, 0.15) is 5.82 Å². The van der Waals surface area contributed by atoms with E-state index >= 15 is 0 Å². The van der Waals surface area contributed by atoms with E-state index in [0.29, 0.717) is 36.3 Å². The lowest BCUT2D eigenvalue weighted by atomic mass is 9.98. The SMILES string of the molecule is C[C@H]1COCCN1c1nc(N2CCC(CO)CC2)nc2nc(-c3cccc(C(N)=O)c3)ccc12. The Morgan fingerprint density at radius 3 is 2.71 bits per heavy atom. The van der Waals surface area contributed by atoms with Crippen LogP contribution in [0.3, 0.4) is 0 Å². The molecule has 1 atom stereocenters. The van der Waals surface area contributed by atoms with Crippen LogP contribution in [-0.4, -0.2) is 71.5 Å². The van der Waals surface area contributed by atoms with Crippen molar-refractivity contribution in [2.75, 3.05) is 49.3 Å². The van der Waals surface area contributed by atoms with Crippen molar-refractivity contribution in [3.63, 3.8) is 0 Å². The fraction of sp³-hybridized carbons (Fsp3) is 0.440. The number of hydrogen-bond acceptors (Lipinski definition) is 8. The molecular weight excluding hydrogens is 432 g/mol. The predicted octanol–water partition coefficient (Wildman–Crippen LogP) is 2.22. The zero-order valence-electron chi connectivity index (χ0n) is 19.4. The summed E-state index contributed by atoms with van der Waals surface area (Å²) in [5, 5.41) is 10.4. The van der Waals surface area contributed by atoms with Crippen molar-refractivity contribution in [1.29, 1.82) is 0 Å². The minimum Gasteiger partial charge on any atom is -0.396 e. The van der Waals surface area contributed by atoms with Crippen LogP contribution in [-0.2, 0) is 4.74 Å². The topological polar surface area (TPSA) is 118 Å². The lowest BCUT2D eigenvalue weighted by molar-refractivity contribution is 0.0986. The van der Waals surface area contributed by atoms with Gasteiger partial charge in [-0.15, -0.1) is 0 Å². The van der Waals surface area contributed by atoms with Crippen LogP contribution in [0, 0.1) is 5.92 Å². The highest BCUT2D eigenvalue weighted by atomic mass is 16.5. The lowest BCUT2D eigenvalue weighted by Crippen LogP contribution is -2.44. The standard InChI is InChI=1S/C25H30N6O3/c1-16-15-34-12-11-31(16)24-20-5-6-21(18-3-2-4-19(13-18)22(26)33)27-23(20)28-25(29-24)30-9-7-17(14-32)8-10-30/h2-6,13,16-17,32H,7-12,14-15H2,1H3,(H2,26,33)/t16-/m0/s1. The summed E-state index contributed by atoms with van der Waals surface area (Å²) in [5.74, 6) is 1.39. The quantitative estimate of drug-likeness (QED) is 0.593. The molecule has 0 saturated carbocycles. The maximum absolute atomic E-state index is 11.7. The van der Waals surface area contributed by atoms with Crippen molar-refractivity contribution in [2.45, 2.75) is 25.8 Å². The number of hydrogen-bond donors (Lipinski definition) is 2. The van der Waals surface area contributed by atoms with Gasteiger partial charge in [0.15, 0.2) is 5.65 Å². The van der Waals surface area contributed by atoms with Crippen molar-refractivity contribution < 1.29 is 14.6 Å². The number of ether oxygens (including phenoxy) is 1. The Hall–Kier alpha value is -3.30. The first kappa shape index (κ1) is 22.5. The zero-order valence-corrected chi connectivity index (χ0v) is 19.4. The largest absolute Gasteiger partial charge is 0.396 e. The van der Waals surface area contributed by atoms with Gasteiger partial charge >= 0.3 is 0 Å². The number of fused-ring (bicyclic) bond motifs is 1. The lowest BCUT2D eigenvalue weighted by Gasteiger charge is -2.36. The van der Waals surface area contributed by atoms with Crippen LogP contribution < -0.4 is 15.5 Å². The van der Waals surface area contributed by atoms with Crippen molar-refractivity contribution in [2.24, 2.45) is 11.7 Å². The van der Waals surface area contributed by atoms with Crippen LogP contribution in [0.2, 0.25) is 0 Å². The molecule has 1 amide bonds. The monoisotopic (exact) mass is 462 g/mol. The van der Waals surface area contributed by atoms with Crippen LogP contribution in [0.5, 0.6) is 0 Å². The first-order valence-electron chi connectivity index (χ1n) is 11.8. The molecule has 0 spiro atoms. The third-order valence-electron chi connectivity index (χ3n) is 6.77. The molecule has 3 aromatic rings. The molecule has 3 N–H and O–H groups in total. The van der Waals surface area contributed by atoms with Gasteiger partial charge in [0.05, 0.1) is 30.3 Å². The Bertz CT molecular complexity index is 1190. The van der Waals surface area contributed by atoms with Gasteiger partial charge in [0, 0.05) is 37.4 Å². The van der Waals surface area contributed by atoms with Gasteiger partial charge in [-0.3, -0.25) is 4.79 Å². The number of anilines is 2. The molecule has 9 nitrogen and oxygen atoms in total. The number of morpholine rings is 1. The molecule has 4 heterocycles. The second kappa shape index (κ2) is 9.52. The summed E-state index contributed by atoms with van der Waals surface area (Å²) >= 11 is 0. The number of carbonyl (C=O) groups is 1. The number of amides is 1. The Morgan fingerprint density at radius 1 is 1.15 bits per heavy atom. The molecule has 2 saturated heterocycles. The average Bonchev–Trinajstić information content (AvgIpc) is 2.88. The molecule has 2 aromatic heterocycles. The van der Waals surface area contributed by atoms with E-state index in [4.69, 9.17) is 25.4 Å². The van der Waals surface area contributed by atoms with Crippen LogP contribution >= 0.6 is 0 Å². The van der Waals surface area contributed by atoms with Gasteiger partial charge in [-0.05, 0) is 49.9 Å². The molecule has 5 rings (SSSR count). The van der Waals surface area contributed by atoms with Crippen molar-refractivity contribution in [1.82, 2.24) is 15.0 Å². The Balaban J connectivity index is 1.59. The molecule has 0 unspecified atom stereocenters. The summed E-state index contributed by atoms with van der Waals surface area (Å²) in [4.78, 5) is 30.9. The smallest absolute Gasteiger partial charge is 0.248 e. The molecule has 2 fully saturated rings. The predicted molar refractivity (Wildman–Crippen MR) is 131 cm³/mol. The van der Waals surface area contributed by atoms with Crippen LogP contribution in [0.15, 0.2) is 36.4 Å². The summed E-state index contributed by atoms with van der Waals surface area (Å²) in [6.45, 7) is 6.01. The van der Waals surface area contributed by atoms with Gasteiger partial charge < -0.3 is 25.4 Å². The number of primary amides is 1. The number of pyridine rings is 1. The minimum absolute atomic E-state index is 0.187. The van der Waals surface area contributed by atoms with E-state index in [1.807, 2.05) is 18.2 Å². The van der Waals surface area contributed by atoms with Crippen LogP contribution in [0.1, 0.15) is 30.1 Å². The van der Waals surface area contributed by atoms with Crippen LogP contribution in [0.4, 0.5) is 11.8 Å². The van der Waals surface area contributed by atoms with Crippen molar-refractivity contribution >= 4 is 28.7 Å². The highest BCUT2D eigenvalue weighted by Gasteiger charge is 2.26. The molecule has 178 valence electrons. The molecule has 2 aliphatic heterocycles. The fourth-order valence-corrected chi connectivity index (χ4v) is 4.69. The summed E-state index contributed by atoms with van der Waals surface area (Å²) in [5.41, 5.74) is 8.06. The highest BCUT2D eigenvalue weighted by Crippen LogP contribution is 2.31. The third-order valence-corrected chi connectivity index (χ3v) is 6.77. The molecule has 9 heteroatoms. The van der Waals surface area contributed by atoms with E-state index in [1.54, 1.807) is 18.2 Å². The number of aliphatic hydroxyl groups excluding tert-OH is 1. The minimum atomic E-state index is -0.470. The number of aromatic nitrogens is 3. The first-order valence-corrected chi connectivity index (χ1v) is 11.8. The van der Waals surface area contributed by atoms with Gasteiger partial charge in [-0.25, -0.2) is 4.98 Å². The molecular formula is C25H30N6O3. The molecule has 1 aromatic carbocycles. The zero-order chi connectivity index (χ0) is 23.7. The van der Waals surface area contributed by atoms with Crippen molar-refractivity contribution in [3.8, 4) is 11.3 Å². The number of aliphatic hydroxyl groups is 1. The first-order chi connectivity index (χ1) is 16.5. The maximum Gasteiger partial charge on any atom is 0.248 e. The van der Waals surface area contributed by atoms with E-state index in [0.717, 1.165) is 54.9 Å². The Morgan fingerprint density at radius 2 is 1.97 bits per heavy atom. The van der Waals surface area contributed by atoms with E-state index < -0.39 is 5.91 Å². The third kappa shape index (κ3) is 4.41. The van der Waals surface area contributed by atoms with Gasteiger partial charge in [-0.2, -0.15) is 9.97 Å². The van der Waals surface area contributed by atoms with E-state index in [9.17, 15) is 9.90 Å². The second-order valence-corrected chi connectivity index (χ2v) is 9.09. The van der Waals surface area contributed by atoms with Gasteiger partial charge in [0.25, 0.3) is 0 Å². The molecule has 0 radical (unpaired) electrons. The summed E-state index contributed by atoms with van der Waals surface area (Å²) in [7, 11) is 0. The van der Waals surface area contributed by atoms with E-state index in [-0.39, 0.29) is 12.6 Å². The second-order valence-electron chi connectivity index (χ2n) is 9.09. The number of nitrogens with two attached hydrogens (primary N) is 1. The number of piperidine rings is 1. The highest BCUT2D eigenvalue weighted by molar-refractivity contribution is 5.94. The Labute approximate surface area is 198 Å². The Kier molecular flexibility index (Phi) is 6.30.